The molecule has 0 radical (unpaired) electrons. The van der Waals surface area contributed by atoms with Gasteiger partial charge in [-0.25, -0.2) is 4.98 Å². The van der Waals surface area contributed by atoms with Gasteiger partial charge >= 0.3 is 0 Å². The summed E-state index contributed by atoms with van der Waals surface area (Å²) < 4.78 is 7.31. The lowest BCUT2D eigenvalue weighted by molar-refractivity contribution is 0.210. The molecule has 1 aromatic carbocycles. The highest BCUT2D eigenvalue weighted by atomic mass is 16.5. The molecule has 0 spiro atoms. The fourth-order valence-electron chi connectivity index (χ4n) is 3.87. The van der Waals surface area contributed by atoms with Gasteiger partial charge in [-0.3, -0.25) is 4.90 Å². The largest absolute Gasteiger partial charge is 0.383 e. The minimum atomic E-state index is 0.276. The van der Waals surface area contributed by atoms with Crippen LogP contribution >= 0.6 is 0 Å². The average Bonchev–Trinajstić information content (AvgIpc) is 3.32. The maximum absolute atomic E-state index is 5.88. The summed E-state index contributed by atoms with van der Waals surface area (Å²) in [6.45, 7) is 5.49. The average molecular weight is 380 g/mol. The van der Waals surface area contributed by atoms with E-state index in [9.17, 15) is 0 Å². The van der Waals surface area contributed by atoms with E-state index >= 15 is 0 Å². The summed E-state index contributed by atoms with van der Waals surface area (Å²) >= 11 is 0. The highest BCUT2D eigenvalue weighted by Crippen LogP contribution is 2.24. The predicted octanol–water partition coefficient (Wildman–Crippen LogP) is 2.72. The summed E-state index contributed by atoms with van der Waals surface area (Å²) in [7, 11) is 1.68. The van der Waals surface area contributed by atoms with E-state index in [0.29, 0.717) is 13.2 Å². The number of aromatic nitrogens is 3. The van der Waals surface area contributed by atoms with Crippen LogP contribution in [0.4, 0.5) is 11.8 Å². The molecule has 1 aliphatic rings. The summed E-state index contributed by atoms with van der Waals surface area (Å²) in [6, 6.07) is 10.8. The Balaban J connectivity index is 1.57. The monoisotopic (exact) mass is 380 g/mol. The maximum atomic E-state index is 5.88. The molecular weight excluding hydrogens is 352 g/mol. The normalized spacial score (nSPS) is 14.8. The SMILES string of the molecule is COCCNc1nc(N)nc2ccn(Cc3cccc(CN4CCCC4)c3)c12. The molecule has 3 heterocycles. The van der Waals surface area contributed by atoms with E-state index in [-0.39, 0.29) is 5.95 Å². The van der Waals surface area contributed by atoms with Gasteiger partial charge in [0.15, 0.2) is 5.82 Å². The van der Waals surface area contributed by atoms with Crippen molar-refractivity contribution < 1.29 is 4.74 Å². The van der Waals surface area contributed by atoms with E-state index in [1.54, 1.807) is 7.11 Å². The van der Waals surface area contributed by atoms with Gasteiger partial charge in [0, 0.05) is 32.9 Å². The Labute approximate surface area is 165 Å². The highest BCUT2D eigenvalue weighted by molar-refractivity contribution is 5.87. The van der Waals surface area contributed by atoms with Crippen LogP contribution < -0.4 is 11.1 Å². The van der Waals surface area contributed by atoms with Crippen LogP contribution in [-0.4, -0.2) is 52.8 Å². The van der Waals surface area contributed by atoms with E-state index in [0.717, 1.165) is 29.9 Å². The summed E-state index contributed by atoms with van der Waals surface area (Å²) in [6.07, 6.45) is 4.68. The smallest absolute Gasteiger partial charge is 0.222 e. The maximum Gasteiger partial charge on any atom is 0.222 e. The minimum absolute atomic E-state index is 0.276. The number of nitrogens with two attached hydrogens (primary N) is 1. The molecule has 7 heteroatoms. The molecule has 28 heavy (non-hydrogen) atoms. The fraction of sp³-hybridized carbons (Fsp3) is 0.429. The molecule has 4 rings (SSSR count). The van der Waals surface area contributed by atoms with Crippen LogP contribution in [0.25, 0.3) is 11.0 Å². The second kappa shape index (κ2) is 8.58. The number of nitrogens with zero attached hydrogens (tertiary/aromatic N) is 4. The Morgan fingerprint density at radius 2 is 1.89 bits per heavy atom. The number of fused-ring (bicyclic) bond motifs is 1. The van der Waals surface area contributed by atoms with E-state index in [1.807, 2.05) is 12.3 Å². The quantitative estimate of drug-likeness (QED) is 0.585. The third-order valence-corrected chi connectivity index (χ3v) is 5.18. The standard InChI is InChI=1S/C21H28N6O/c1-28-12-8-23-20-19-18(24-21(22)25-20)7-11-27(19)15-17-6-4-5-16(13-17)14-26-9-2-3-10-26/h4-7,11,13H,2-3,8-10,12,14-15H2,1H3,(H3,22,23,24,25). The third-order valence-electron chi connectivity index (χ3n) is 5.18. The molecule has 1 saturated heterocycles. The van der Waals surface area contributed by atoms with E-state index in [2.05, 4.69) is 49.0 Å². The first-order valence-corrected chi connectivity index (χ1v) is 9.88. The van der Waals surface area contributed by atoms with Gasteiger partial charge in [0.1, 0.15) is 5.52 Å². The molecule has 1 fully saturated rings. The van der Waals surface area contributed by atoms with Crippen LogP contribution in [0.15, 0.2) is 36.5 Å². The van der Waals surface area contributed by atoms with Crippen molar-refractivity contribution in [3.8, 4) is 0 Å². The number of likely N-dealkylation sites (tertiary alicyclic amines) is 1. The zero-order chi connectivity index (χ0) is 19.3. The second-order valence-corrected chi connectivity index (χ2v) is 7.33. The molecule has 0 bridgehead atoms. The number of ether oxygens (including phenoxy) is 1. The Kier molecular flexibility index (Phi) is 5.73. The summed E-state index contributed by atoms with van der Waals surface area (Å²) in [5.74, 6) is 1.02. The van der Waals surface area contributed by atoms with Gasteiger partial charge < -0.3 is 20.4 Å². The van der Waals surface area contributed by atoms with Crippen molar-refractivity contribution in [3.63, 3.8) is 0 Å². The van der Waals surface area contributed by atoms with E-state index < -0.39 is 0 Å². The number of hydrogen-bond donors (Lipinski definition) is 2. The van der Waals surface area contributed by atoms with Crippen molar-refractivity contribution in [1.29, 1.82) is 0 Å². The van der Waals surface area contributed by atoms with Crippen LogP contribution in [0.3, 0.4) is 0 Å². The lowest BCUT2D eigenvalue weighted by Gasteiger charge is -2.16. The Morgan fingerprint density at radius 3 is 2.68 bits per heavy atom. The van der Waals surface area contributed by atoms with Crippen molar-refractivity contribution in [2.24, 2.45) is 0 Å². The zero-order valence-electron chi connectivity index (χ0n) is 16.4. The van der Waals surface area contributed by atoms with Gasteiger partial charge in [0.25, 0.3) is 0 Å². The van der Waals surface area contributed by atoms with E-state index in [4.69, 9.17) is 10.5 Å². The number of methoxy groups -OCH3 is 1. The number of nitrogens with one attached hydrogen (secondary N) is 1. The predicted molar refractivity (Wildman–Crippen MR) is 112 cm³/mol. The molecule has 1 aliphatic heterocycles. The lowest BCUT2D eigenvalue weighted by Crippen LogP contribution is -2.18. The highest BCUT2D eigenvalue weighted by Gasteiger charge is 2.13. The molecule has 0 saturated carbocycles. The Hall–Kier alpha value is -2.64. The first-order valence-electron chi connectivity index (χ1n) is 9.88. The molecule has 0 atom stereocenters. The van der Waals surface area contributed by atoms with Crippen molar-refractivity contribution >= 4 is 22.8 Å². The van der Waals surface area contributed by atoms with Crippen LogP contribution in [0.2, 0.25) is 0 Å². The van der Waals surface area contributed by atoms with Crippen molar-refractivity contribution in [3.05, 3.63) is 47.7 Å². The molecule has 3 aromatic rings. The number of anilines is 2. The molecule has 148 valence electrons. The van der Waals surface area contributed by atoms with Crippen molar-refractivity contribution in [1.82, 2.24) is 19.4 Å². The van der Waals surface area contributed by atoms with Gasteiger partial charge in [-0.05, 0) is 43.1 Å². The summed E-state index contributed by atoms with van der Waals surface area (Å²) in [5.41, 5.74) is 10.3. The minimum Gasteiger partial charge on any atom is -0.383 e. The van der Waals surface area contributed by atoms with E-state index in [1.165, 1.54) is 37.1 Å². The van der Waals surface area contributed by atoms with Crippen LogP contribution in [0, 0.1) is 0 Å². The first-order chi connectivity index (χ1) is 13.7. The molecule has 0 amide bonds. The number of benzene rings is 1. The number of nitrogen functional groups attached to an aromatic ring is 1. The number of hydrogen-bond acceptors (Lipinski definition) is 6. The van der Waals surface area contributed by atoms with Gasteiger partial charge in [0.2, 0.25) is 5.95 Å². The molecule has 7 nitrogen and oxygen atoms in total. The van der Waals surface area contributed by atoms with Crippen LogP contribution in [-0.2, 0) is 17.8 Å². The third kappa shape index (κ3) is 4.26. The Bertz CT molecular complexity index is 932. The number of rotatable bonds is 8. The zero-order valence-corrected chi connectivity index (χ0v) is 16.4. The summed E-state index contributed by atoms with van der Waals surface area (Å²) in [5, 5.41) is 3.32. The topological polar surface area (TPSA) is 81.2 Å². The lowest BCUT2D eigenvalue weighted by atomic mass is 10.1. The van der Waals surface area contributed by atoms with Gasteiger partial charge in [-0.15, -0.1) is 0 Å². The molecule has 3 N–H and O–H groups in total. The fourth-order valence-corrected chi connectivity index (χ4v) is 3.87. The van der Waals surface area contributed by atoms with Crippen molar-refractivity contribution in [2.45, 2.75) is 25.9 Å². The first kappa shape index (κ1) is 18.7. The van der Waals surface area contributed by atoms with Crippen molar-refractivity contribution in [2.75, 3.05) is 44.4 Å². The van der Waals surface area contributed by atoms with Gasteiger partial charge in [0.05, 0.1) is 12.1 Å². The van der Waals surface area contributed by atoms with Gasteiger partial charge in [-0.2, -0.15) is 4.98 Å². The van der Waals surface area contributed by atoms with Crippen LogP contribution in [0.5, 0.6) is 0 Å². The molecular formula is C21H28N6O. The Morgan fingerprint density at radius 1 is 1.11 bits per heavy atom. The molecule has 0 unspecified atom stereocenters. The molecule has 0 aliphatic carbocycles. The van der Waals surface area contributed by atoms with Crippen LogP contribution in [0.1, 0.15) is 24.0 Å². The van der Waals surface area contributed by atoms with Gasteiger partial charge in [-0.1, -0.05) is 24.3 Å². The summed E-state index contributed by atoms with van der Waals surface area (Å²) in [4.78, 5) is 11.3. The molecule has 2 aromatic heterocycles. The second-order valence-electron chi connectivity index (χ2n) is 7.33.